The Kier molecular flexibility index (Phi) is 5.89. The number of anilines is 2. The van der Waals surface area contributed by atoms with E-state index in [-0.39, 0.29) is 0 Å². The van der Waals surface area contributed by atoms with E-state index in [4.69, 9.17) is 4.42 Å². The van der Waals surface area contributed by atoms with Crippen LogP contribution in [0, 0.1) is 17.8 Å². The van der Waals surface area contributed by atoms with Gasteiger partial charge in [-0.3, -0.25) is 0 Å². The minimum Gasteiger partial charge on any atom is -0.456 e. The molecule has 39 heavy (non-hydrogen) atoms. The molecule has 3 unspecified atom stereocenters. The Morgan fingerprint density at radius 2 is 1.49 bits per heavy atom. The molecule has 0 aliphatic heterocycles. The van der Waals surface area contributed by atoms with Crippen LogP contribution < -0.4 is 4.90 Å². The van der Waals surface area contributed by atoms with Gasteiger partial charge in [0.15, 0.2) is 0 Å². The quantitative estimate of drug-likeness (QED) is 0.264. The number of para-hydroxylation sites is 1. The molecule has 3 atom stereocenters. The molecule has 3 saturated carbocycles. The van der Waals surface area contributed by atoms with Crippen molar-refractivity contribution in [3.05, 3.63) is 95.7 Å². The van der Waals surface area contributed by atoms with Crippen molar-refractivity contribution in [2.45, 2.75) is 76.5 Å². The van der Waals surface area contributed by atoms with Gasteiger partial charge in [0.2, 0.25) is 0 Å². The number of nitrogens with zero attached hydrogens (tertiary/aromatic N) is 1. The third kappa shape index (κ3) is 4.24. The van der Waals surface area contributed by atoms with Crippen LogP contribution in [-0.4, -0.2) is 0 Å². The fraction of sp³-hybridized carbons (Fsp3) is 0.405. The van der Waals surface area contributed by atoms with Gasteiger partial charge in [-0.1, -0.05) is 67.7 Å². The van der Waals surface area contributed by atoms with Crippen LogP contribution in [0.2, 0.25) is 0 Å². The molecule has 0 saturated heterocycles. The summed E-state index contributed by atoms with van der Waals surface area (Å²) in [6, 6.07) is 24.7. The summed E-state index contributed by atoms with van der Waals surface area (Å²) in [5, 5.41) is 2.38. The highest BCUT2D eigenvalue weighted by atomic mass is 16.3. The highest BCUT2D eigenvalue weighted by Crippen LogP contribution is 2.52. The zero-order valence-electron chi connectivity index (χ0n) is 22.9. The van der Waals surface area contributed by atoms with E-state index in [0.29, 0.717) is 0 Å². The summed E-state index contributed by atoms with van der Waals surface area (Å²) in [5.74, 6) is 3.53. The Morgan fingerprint density at radius 1 is 0.667 bits per heavy atom. The lowest BCUT2D eigenvalue weighted by Gasteiger charge is -2.32. The first-order valence-electron chi connectivity index (χ1n) is 15.5. The molecule has 1 aromatic heterocycles. The fourth-order valence-electron chi connectivity index (χ4n) is 8.50. The first-order valence-corrected chi connectivity index (χ1v) is 15.5. The average Bonchev–Trinajstić information content (AvgIpc) is 3.73. The van der Waals surface area contributed by atoms with Crippen molar-refractivity contribution in [3.63, 3.8) is 0 Å². The number of rotatable bonds is 5. The number of fused-ring (bicyclic) bond motifs is 5. The van der Waals surface area contributed by atoms with Gasteiger partial charge in [-0.25, -0.2) is 0 Å². The maximum atomic E-state index is 6.32. The van der Waals surface area contributed by atoms with Gasteiger partial charge in [0.1, 0.15) is 11.2 Å². The molecule has 2 heteroatoms. The molecular formula is C37H39NO. The highest BCUT2D eigenvalue weighted by molar-refractivity contribution is 6.05. The van der Waals surface area contributed by atoms with Crippen LogP contribution in [0.5, 0.6) is 0 Å². The van der Waals surface area contributed by atoms with Gasteiger partial charge in [-0.2, -0.15) is 0 Å². The Balaban J connectivity index is 1.17. The van der Waals surface area contributed by atoms with E-state index in [0.717, 1.165) is 41.3 Å². The van der Waals surface area contributed by atoms with Crippen molar-refractivity contribution in [1.29, 1.82) is 0 Å². The van der Waals surface area contributed by atoms with E-state index in [1.807, 2.05) is 0 Å². The Hall–Kier alpha value is -3.26. The van der Waals surface area contributed by atoms with E-state index in [2.05, 4.69) is 83.8 Å². The predicted molar refractivity (Wildman–Crippen MR) is 162 cm³/mol. The van der Waals surface area contributed by atoms with Crippen molar-refractivity contribution in [2.24, 2.45) is 17.8 Å². The smallest absolute Gasteiger partial charge is 0.137 e. The number of hydrogen-bond acceptors (Lipinski definition) is 2. The van der Waals surface area contributed by atoms with Gasteiger partial charge in [-0.05, 0) is 111 Å². The molecule has 0 N–H and O–H groups in total. The van der Waals surface area contributed by atoms with Gasteiger partial charge < -0.3 is 9.32 Å². The van der Waals surface area contributed by atoms with Crippen molar-refractivity contribution in [2.75, 3.05) is 4.90 Å². The second kappa shape index (κ2) is 9.73. The summed E-state index contributed by atoms with van der Waals surface area (Å²) in [6.07, 6.45) is 19.9. The molecule has 0 amide bonds. The maximum absolute atomic E-state index is 6.32. The normalized spacial score (nSPS) is 25.3. The first-order chi connectivity index (χ1) is 19.3. The second-order valence-electron chi connectivity index (χ2n) is 12.7. The van der Waals surface area contributed by atoms with Crippen molar-refractivity contribution >= 4 is 33.3 Å². The van der Waals surface area contributed by atoms with Gasteiger partial charge in [0, 0.05) is 33.9 Å². The van der Waals surface area contributed by atoms with E-state index in [9.17, 15) is 0 Å². The lowest BCUT2D eigenvalue weighted by molar-refractivity contribution is 0.369. The summed E-state index contributed by atoms with van der Waals surface area (Å²) in [7, 11) is 0. The second-order valence-corrected chi connectivity index (χ2v) is 12.7. The average molecular weight is 514 g/mol. The van der Waals surface area contributed by atoms with Gasteiger partial charge in [0.25, 0.3) is 0 Å². The Bertz CT molecular complexity index is 1560. The number of allylic oxidation sites excluding steroid dienone is 4. The number of furan rings is 1. The van der Waals surface area contributed by atoms with E-state index >= 15 is 0 Å². The first kappa shape index (κ1) is 23.6. The molecule has 0 radical (unpaired) electrons. The topological polar surface area (TPSA) is 16.4 Å². The Morgan fingerprint density at radius 3 is 2.26 bits per heavy atom. The van der Waals surface area contributed by atoms with Crippen LogP contribution in [-0.2, 0) is 0 Å². The maximum Gasteiger partial charge on any atom is 0.137 e. The largest absolute Gasteiger partial charge is 0.456 e. The van der Waals surface area contributed by atoms with Crippen LogP contribution in [0.1, 0.15) is 82.1 Å². The molecule has 8 rings (SSSR count). The third-order valence-corrected chi connectivity index (χ3v) is 10.5. The van der Waals surface area contributed by atoms with Crippen LogP contribution in [0.15, 0.2) is 94.6 Å². The van der Waals surface area contributed by atoms with Crippen LogP contribution >= 0.6 is 0 Å². The summed E-state index contributed by atoms with van der Waals surface area (Å²) in [5.41, 5.74) is 9.00. The standard InChI is InChI=1S/C37H39NO/c1-2-6-26(7-3-1)27-12-16-30(17-13-27)38(31-18-14-28(15-19-31)35-23-25-10-11-29(35)22-25)32-20-21-34-33-8-4-5-9-36(33)39-37(34)24-32/h4-5,8-9,12-14,16-18,20-21,24-26,29,35H,1-3,6-7,10-11,15,19,22-23H2. The molecule has 3 fully saturated rings. The molecule has 2 nitrogen and oxygen atoms in total. The predicted octanol–water partition coefficient (Wildman–Crippen LogP) is 10.8. The SMILES string of the molecule is C1=C(C2CC3CCC2C3)CCC(N(c2ccc(C3CCCCC3)cc2)c2ccc3c(c2)oc2ccccc23)=C1. The fourth-order valence-corrected chi connectivity index (χ4v) is 8.50. The zero-order chi connectivity index (χ0) is 25.8. The lowest BCUT2D eigenvalue weighted by Crippen LogP contribution is -2.20. The molecule has 198 valence electrons. The van der Waals surface area contributed by atoms with E-state index < -0.39 is 0 Å². The number of hydrogen-bond donors (Lipinski definition) is 0. The van der Waals surface area contributed by atoms with Crippen molar-refractivity contribution < 1.29 is 4.42 Å². The van der Waals surface area contributed by atoms with Crippen LogP contribution in [0.4, 0.5) is 11.4 Å². The van der Waals surface area contributed by atoms with Crippen molar-refractivity contribution in [3.8, 4) is 0 Å². The van der Waals surface area contributed by atoms with Gasteiger partial charge in [0.05, 0.1) is 0 Å². The lowest BCUT2D eigenvalue weighted by atomic mass is 9.79. The molecule has 4 aromatic rings. The minimum atomic E-state index is 0.731. The highest BCUT2D eigenvalue weighted by Gasteiger charge is 2.41. The van der Waals surface area contributed by atoms with Crippen LogP contribution in [0.3, 0.4) is 0 Å². The van der Waals surface area contributed by atoms with Gasteiger partial charge in [-0.15, -0.1) is 0 Å². The molecule has 2 bridgehead atoms. The van der Waals surface area contributed by atoms with Crippen LogP contribution in [0.25, 0.3) is 21.9 Å². The van der Waals surface area contributed by atoms with E-state index in [1.54, 1.807) is 5.57 Å². The summed E-state index contributed by atoms with van der Waals surface area (Å²) >= 11 is 0. The molecule has 4 aliphatic rings. The van der Waals surface area contributed by atoms with Crippen molar-refractivity contribution in [1.82, 2.24) is 0 Å². The number of benzene rings is 3. The zero-order valence-corrected chi connectivity index (χ0v) is 22.9. The molecule has 0 spiro atoms. The van der Waals surface area contributed by atoms with Gasteiger partial charge >= 0.3 is 0 Å². The molecule has 3 aromatic carbocycles. The summed E-state index contributed by atoms with van der Waals surface area (Å²) < 4.78 is 6.32. The van der Waals surface area contributed by atoms with E-state index in [1.165, 1.54) is 97.6 Å². The Labute approximate surface area is 232 Å². The minimum absolute atomic E-state index is 0.731. The molecular weight excluding hydrogens is 474 g/mol. The molecule has 4 aliphatic carbocycles. The summed E-state index contributed by atoms with van der Waals surface area (Å²) in [6.45, 7) is 0. The monoisotopic (exact) mass is 513 g/mol. The molecule has 1 heterocycles. The third-order valence-electron chi connectivity index (χ3n) is 10.5. The summed E-state index contributed by atoms with van der Waals surface area (Å²) in [4.78, 5) is 2.49.